The maximum Gasteiger partial charge on any atom is 0.123 e. The van der Waals surface area contributed by atoms with Crippen LogP contribution >= 0.6 is 0 Å². The molecule has 2 aromatic carbocycles. The number of anilines is 1. The zero-order chi connectivity index (χ0) is 12.4. The molecule has 2 heteroatoms. The molecule has 0 amide bonds. The van der Waals surface area contributed by atoms with Crippen molar-refractivity contribution in [1.82, 2.24) is 0 Å². The molecule has 18 heavy (non-hydrogen) atoms. The van der Waals surface area contributed by atoms with E-state index in [-0.39, 0.29) is 5.82 Å². The van der Waals surface area contributed by atoms with Crippen molar-refractivity contribution in [2.24, 2.45) is 5.92 Å². The summed E-state index contributed by atoms with van der Waals surface area (Å²) < 4.78 is 12.9. The minimum Gasteiger partial charge on any atom is -0.378 e. The van der Waals surface area contributed by atoms with Gasteiger partial charge in [-0.3, -0.25) is 0 Å². The number of halogens is 1. The summed E-state index contributed by atoms with van der Waals surface area (Å²) in [7, 11) is 0. The van der Waals surface area contributed by atoms with Gasteiger partial charge in [0.15, 0.2) is 0 Å². The van der Waals surface area contributed by atoms with Gasteiger partial charge in [0.05, 0.1) is 6.04 Å². The molecule has 0 bridgehead atoms. The van der Waals surface area contributed by atoms with Crippen LogP contribution in [0.1, 0.15) is 24.4 Å². The predicted molar refractivity (Wildman–Crippen MR) is 71.9 cm³/mol. The van der Waals surface area contributed by atoms with Crippen molar-refractivity contribution in [3.05, 3.63) is 66.0 Å². The summed E-state index contributed by atoms with van der Waals surface area (Å²) in [6, 6.07) is 17.4. The molecule has 1 saturated carbocycles. The first-order valence-electron chi connectivity index (χ1n) is 6.40. The van der Waals surface area contributed by atoms with Crippen LogP contribution in [0.4, 0.5) is 10.1 Å². The highest BCUT2D eigenvalue weighted by Crippen LogP contribution is 2.42. The van der Waals surface area contributed by atoms with Gasteiger partial charge in [0.1, 0.15) is 5.82 Å². The summed E-state index contributed by atoms with van der Waals surface area (Å²) in [5.74, 6) is 0.515. The van der Waals surface area contributed by atoms with Gasteiger partial charge in [0, 0.05) is 5.69 Å². The smallest absolute Gasteiger partial charge is 0.123 e. The summed E-state index contributed by atoms with van der Waals surface area (Å²) in [6.07, 6.45) is 2.54. The lowest BCUT2D eigenvalue weighted by Gasteiger charge is -2.20. The molecule has 0 aromatic heterocycles. The Hall–Kier alpha value is -1.83. The number of nitrogens with one attached hydrogen (secondary N) is 1. The van der Waals surface area contributed by atoms with Crippen LogP contribution in [-0.4, -0.2) is 0 Å². The second-order valence-corrected chi connectivity index (χ2v) is 4.88. The Morgan fingerprint density at radius 2 is 1.61 bits per heavy atom. The van der Waals surface area contributed by atoms with E-state index in [2.05, 4.69) is 29.6 Å². The van der Waals surface area contributed by atoms with E-state index < -0.39 is 0 Å². The van der Waals surface area contributed by atoms with Crippen LogP contribution in [0.3, 0.4) is 0 Å². The van der Waals surface area contributed by atoms with Crippen LogP contribution < -0.4 is 5.32 Å². The lowest BCUT2D eigenvalue weighted by molar-refractivity contribution is 0.627. The van der Waals surface area contributed by atoms with Crippen molar-refractivity contribution in [3.63, 3.8) is 0 Å². The van der Waals surface area contributed by atoms with E-state index in [1.807, 2.05) is 6.07 Å². The molecule has 0 aliphatic heterocycles. The third-order valence-corrected chi connectivity index (χ3v) is 3.42. The zero-order valence-electron chi connectivity index (χ0n) is 10.1. The molecule has 1 nitrogen and oxygen atoms in total. The molecular weight excluding hydrogens is 225 g/mol. The Morgan fingerprint density at radius 3 is 2.22 bits per heavy atom. The maximum atomic E-state index is 12.9. The van der Waals surface area contributed by atoms with Gasteiger partial charge >= 0.3 is 0 Å². The van der Waals surface area contributed by atoms with Gasteiger partial charge < -0.3 is 5.32 Å². The largest absolute Gasteiger partial charge is 0.378 e. The van der Waals surface area contributed by atoms with Crippen molar-refractivity contribution >= 4 is 5.69 Å². The Kier molecular flexibility index (Phi) is 3.01. The van der Waals surface area contributed by atoms with E-state index in [0.717, 1.165) is 5.69 Å². The van der Waals surface area contributed by atoms with Gasteiger partial charge in [-0.05, 0) is 48.6 Å². The quantitative estimate of drug-likeness (QED) is 0.837. The summed E-state index contributed by atoms with van der Waals surface area (Å²) in [6.45, 7) is 0. The minimum atomic E-state index is -0.191. The lowest BCUT2D eigenvalue weighted by atomic mass is 10.0. The highest BCUT2D eigenvalue weighted by Gasteiger charge is 2.32. The van der Waals surface area contributed by atoms with E-state index in [0.29, 0.717) is 12.0 Å². The lowest BCUT2D eigenvalue weighted by Crippen LogP contribution is -2.12. The van der Waals surface area contributed by atoms with E-state index in [1.54, 1.807) is 12.1 Å². The fourth-order valence-electron chi connectivity index (χ4n) is 2.29. The normalized spacial score (nSPS) is 16.3. The first-order valence-corrected chi connectivity index (χ1v) is 6.40. The maximum absolute atomic E-state index is 12.9. The highest BCUT2D eigenvalue weighted by atomic mass is 19.1. The van der Waals surface area contributed by atoms with Crippen LogP contribution in [-0.2, 0) is 0 Å². The number of rotatable bonds is 4. The van der Waals surface area contributed by atoms with Crippen LogP contribution in [0.5, 0.6) is 0 Å². The minimum absolute atomic E-state index is 0.191. The Bertz CT molecular complexity index is 502. The molecule has 1 unspecified atom stereocenters. The van der Waals surface area contributed by atoms with Gasteiger partial charge in [-0.2, -0.15) is 0 Å². The second kappa shape index (κ2) is 4.81. The second-order valence-electron chi connectivity index (χ2n) is 4.88. The SMILES string of the molecule is Fc1ccc(NC(c2ccccc2)C2CC2)cc1. The molecular formula is C16H16FN. The topological polar surface area (TPSA) is 12.0 Å². The van der Waals surface area contributed by atoms with Crippen molar-refractivity contribution in [1.29, 1.82) is 0 Å². The summed E-state index contributed by atoms with van der Waals surface area (Å²) >= 11 is 0. The Balaban J connectivity index is 1.81. The molecule has 0 saturated heterocycles. The van der Waals surface area contributed by atoms with Gasteiger partial charge in [0.25, 0.3) is 0 Å². The number of hydrogen-bond acceptors (Lipinski definition) is 1. The number of hydrogen-bond donors (Lipinski definition) is 1. The van der Waals surface area contributed by atoms with Crippen molar-refractivity contribution in [3.8, 4) is 0 Å². The van der Waals surface area contributed by atoms with E-state index in [9.17, 15) is 4.39 Å². The van der Waals surface area contributed by atoms with Crippen molar-refractivity contribution < 1.29 is 4.39 Å². The van der Waals surface area contributed by atoms with Crippen LogP contribution in [0, 0.1) is 11.7 Å². The van der Waals surface area contributed by atoms with Crippen molar-refractivity contribution in [2.75, 3.05) is 5.32 Å². The van der Waals surface area contributed by atoms with Gasteiger partial charge in [-0.15, -0.1) is 0 Å². The third-order valence-electron chi connectivity index (χ3n) is 3.42. The van der Waals surface area contributed by atoms with E-state index >= 15 is 0 Å². The first-order chi connectivity index (χ1) is 8.83. The summed E-state index contributed by atoms with van der Waals surface area (Å²) in [5.41, 5.74) is 2.29. The highest BCUT2D eigenvalue weighted by molar-refractivity contribution is 5.46. The van der Waals surface area contributed by atoms with Crippen molar-refractivity contribution in [2.45, 2.75) is 18.9 Å². The first kappa shape index (κ1) is 11.3. The summed E-state index contributed by atoms with van der Waals surface area (Å²) in [4.78, 5) is 0. The molecule has 1 N–H and O–H groups in total. The average Bonchev–Trinajstić information content (AvgIpc) is 3.23. The molecule has 1 aliphatic rings. The Morgan fingerprint density at radius 1 is 0.944 bits per heavy atom. The van der Waals surface area contributed by atoms with Gasteiger partial charge in [-0.1, -0.05) is 30.3 Å². The molecule has 2 aromatic rings. The molecule has 3 rings (SSSR count). The van der Waals surface area contributed by atoms with Crippen LogP contribution in [0.15, 0.2) is 54.6 Å². The number of benzene rings is 2. The predicted octanol–water partition coefficient (Wildman–Crippen LogP) is 4.39. The Labute approximate surface area is 107 Å². The monoisotopic (exact) mass is 241 g/mol. The van der Waals surface area contributed by atoms with E-state index in [1.165, 1.54) is 30.5 Å². The molecule has 0 heterocycles. The standard InChI is InChI=1S/C16H16FN/c17-14-8-10-15(11-9-14)18-16(13-6-7-13)12-4-2-1-3-5-12/h1-5,8-11,13,16,18H,6-7H2. The van der Waals surface area contributed by atoms with Crippen LogP contribution in [0.2, 0.25) is 0 Å². The van der Waals surface area contributed by atoms with Gasteiger partial charge in [0.2, 0.25) is 0 Å². The molecule has 0 spiro atoms. The fraction of sp³-hybridized carbons (Fsp3) is 0.250. The zero-order valence-corrected chi connectivity index (χ0v) is 10.1. The molecule has 1 aliphatic carbocycles. The molecule has 92 valence electrons. The average molecular weight is 241 g/mol. The molecule has 1 fully saturated rings. The molecule has 1 atom stereocenters. The fourth-order valence-corrected chi connectivity index (χ4v) is 2.29. The van der Waals surface area contributed by atoms with E-state index in [4.69, 9.17) is 0 Å². The third kappa shape index (κ3) is 2.53. The summed E-state index contributed by atoms with van der Waals surface area (Å²) in [5, 5.41) is 3.52. The molecule has 0 radical (unpaired) electrons. The van der Waals surface area contributed by atoms with Crippen LogP contribution in [0.25, 0.3) is 0 Å². The van der Waals surface area contributed by atoms with Gasteiger partial charge in [-0.25, -0.2) is 4.39 Å².